The molecule has 1 unspecified atom stereocenters. The van der Waals surface area contributed by atoms with E-state index in [1.54, 1.807) is 0 Å². The first-order chi connectivity index (χ1) is 7.94. The van der Waals surface area contributed by atoms with Crippen molar-refractivity contribution in [3.8, 4) is 0 Å². The lowest BCUT2D eigenvalue weighted by atomic mass is 9.96. The number of rotatable bonds is 7. The van der Waals surface area contributed by atoms with Crippen LogP contribution < -0.4 is 5.32 Å². The van der Waals surface area contributed by atoms with Crippen molar-refractivity contribution < 1.29 is 5.11 Å². The molecule has 2 N–H and O–H groups in total. The van der Waals surface area contributed by atoms with E-state index in [2.05, 4.69) is 31.2 Å². The van der Waals surface area contributed by atoms with E-state index in [1.807, 2.05) is 23.9 Å². The van der Waals surface area contributed by atoms with Crippen LogP contribution in [0.1, 0.15) is 45.9 Å². The lowest BCUT2D eigenvalue weighted by Gasteiger charge is -2.22. The molecule has 1 atom stereocenters. The first kappa shape index (κ1) is 14.2. The average Bonchev–Trinajstić information content (AvgIpc) is 2.65. The number of hydrogen-bond donors (Lipinski definition) is 2. The van der Waals surface area contributed by atoms with Crippen LogP contribution in [0.4, 0.5) is 0 Å². The molecule has 98 valence electrons. The fourth-order valence-corrected chi connectivity index (χ4v) is 1.77. The second-order valence-electron chi connectivity index (χ2n) is 5.16. The Balaban J connectivity index is 2.50. The summed E-state index contributed by atoms with van der Waals surface area (Å²) in [5, 5.41) is 17.9. The minimum absolute atomic E-state index is 0.371. The summed E-state index contributed by atoms with van der Waals surface area (Å²) in [4.78, 5) is 0. The summed E-state index contributed by atoms with van der Waals surface area (Å²) in [6, 6.07) is 2.36. The zero-order valence-electron chi connectivity index (χ0n) is 11.4. The lowest BCUT2D eigenvalue weighted by Crippen LogP contribution is -2.32. The molecule has 17 heavy (non-hydrogen) atoms. The quantitative estimate of drug-likeness (QED) is 0.713. The standard InChI is InChI=1S/C13H25N3O/c1-5-14-8-7-13(4,17)10-12-6-9-16(15-12)11(2)3/h6,9,11,14,17H,5,7-8,10H2,1-4H3. The van der Waals surface area contributed by atoms with Crippen molar-refractivity contribution in [3.63, 3.8) is 0 Å². The van der Waals surface area contributed by atoms with Gasteiger partial charge in [-0.1, -0.05) is 6.92 Å². The van der Waals surface area contributed by atoms with Crippen LogP contribution in [0.2, 0.25) is 0 Å². The van der Waals surface area contributed by atoms with Gasteiger partial charge in [0.25, 0.3) is 0 Å². The van der Waals surface area contributed by atoms with E-state index in [9.17, 15) is 5.11 Å². The maximum absolute atomic E-state index is 10.3. The molecule has 0 bridgehead atoms. The second kappa shape index (κ2) is 6.17. The van der Waals surface area contributed by atoms with Gasteiger partial charge in [0.15, 0.2) is 0 Å². The Morgan fingerprint density at radius 1 is 1.53 bits per heavy atom. The van der Waals surface area contributed by atoms with Crippen molar-refractivity contribution >= 4 is 0 Å². The predicted molar refractivity (Wildman–Crippen MR) is 70.1 cm³/mol. The molecule has 0 amide bonds. The van der Waals surface area contributed by atoms with Gasteiger partial charge in [-0.3, -0.25) is 4.68 Å². The largest absolute Gasteiger partial charge is 0.390 e. The van der Waals surface area contributed by atoms with Crippen molar-refractivity contribution in [2.24, 2.45) is 0 Å². The Bertz CT molecular complexity index is 331. The van der Waals surface area contributed by atoms with Crippen molar-refractivity contribution in [1.82, 2.24) is 15.1 Å². The van der Waals surface area contributed by atoms with Crippen LogP contribution in [0.15, 0.2) is 12.3 Å². The number of nitrogens with zero attached hydrogens (tertiary/aromatic N) is 2. The molecule has 4 heteroatoms. The van der Waals surface area contributed by atoms with Crippen molar-refractivity contribution in [3.05, 3.63) is 18.0 Å². The molecule has 1 heterocycles. The molecular weight excluding hydrogens is 214 g/mol. The molecule has 0 aromatic carbocycles. The highest BCUT2D eigenvalue weighted by molar-refractivity contribution is 5.03. The van der Waals surface area contributed by atoms with E-state index in [-0.39, 0.29) is 0 Å². The SMILES string of the molecule is CCNCCC(C)(O)Cc1ccn(C(C)C)n1. The van der Waals surface area contributed by atoms with Gasteiger partial charge in [0.05, 0.1) is 11.3 Å². The Morgan fingerprint density at radius 2 is 2.24 bits per heavy atom. The maximum atomic E-state index is 10.3. The first-order valence-corrected chi connectivity index (χ1v) is 6.42. The molecule has 0 aliphatic carbocycles. The third-order valence-corrected chi connectivity index (χ3v) is 2.84. The van der Waals surface area contributed by atoms with Gasteiger partial charge in [-0.25, -0.2) is 0 Å². The van der Waals surface area contributed by atoms with E-state index in [0.717, 1.165) is 25.2 Å². The van der Waals surface area contributed by atoms with E-state index in [0.29, 0.717) is 12.5 Å². The number of aliphatic hydroxyl groups is 1. The van der Waals surface area contributed by atoms with E-state index in [1.165, 1.54) is 0 Å². The minimum atomic E-state index is -0.682. The molecule has 0 fully saturated rings. The molecule has 4 nitrogen and oxygen atoms in total. The number of nitrogens with one attached hydrogen (secondary N) is 1. The van der Waals surface area contributed by atoms with Crippen LogP contribution in [-0.4, -0.2) is 33.6 Å². The van der Waals surface area contributed by atoms with Crippen LogP contribution in [0.3, 0.4) is 0 Å². The molecule has 1 aromatic rings. The third kappa shape index (κ3) is 4.88. The molecule has 1 rings (SSSR count). The van der Waals surface area contributed by atoms with Crippen molar-refractivity contribution in [2.75, 3.05) is 13.1 Å². The van der Waals surface area contributed by atoms with Gasteiger partial charge in [-0.05, 0) is 46.3 Å². The van der Waals surface area contributed by atoms with Gasteiger partial charge >= 0.3 is 0 Å². The highest BCUT2D eigenvalue weighted by atomic mass is 16.3. The summed E-state index contributed by atoms with van der Waals surface area (Å²) in [5.41, 5.74) is 0.276. The maximum Gasteiger partial charge on any atom is 0.0687 e. The summed E-state index contributed by atoms with van der Waals surface area (Å²) < 4.78 is 1.93. The average molecular weight is 239 g/mol. The Kier molecular flexibility index (Phi) is 5.15. The summed E-state index contributed by atoms with van der Waals surface area (Å²) in [7, 11) is 0. The van der Waals surface area contributed by atoms with Crippen molar-refractivity contribution in [2.45, 2.75) is 52.2 Å². The third-order valence-electron chi connectivity index (χ3n) is 2.84. The summed E-state index contributed by atoms with van der Waals surface area (Å²) >= 11 is 0. The van der Waals surface area contributed by atoms with Crippen LogP contribution in [0.5, 0.6) is 0 Å². The van der Waals surface area contributed by atoms with E-state index >= 15 is 0 Å². The molecule has 0 radical (unpaired) electrons. The summed E-state index contributed by atoms with van der Waals surface area (Å²) in [6.45, 7) is 9.92. The highest BCUT2D eigenvalue weighted by Gasteiger charge is 2.21. The molecule has 0 aliphatic heterocycles. The smallest absolute Gasteiger partial charge is 0.0687 e. The molecule has 0 saturated carbocycles. The van der Waals surface area contributed by atoms with Crippen LogP contribution in [0, 0.1) is 0 Å². The monoisotopic (exact) mass is 239 g/mol. The van der Waals surface area contributed by atoms with Gasteiger partial charge < -0.3 is 10.4 Å². The fourth-order valence-electron chi connectivity index (χ4n) is 1.77. The topological polar surface area (TPSA) is 50.1 Å². The van der Waals surface area contributed by atoms with Gasteiger partial charge in [0.2, 0.25) is 0 Å². The Labute approximate surface area is 104 Å². The molecule has 0 spiro atoms. The van der Waals surface area contributed by atoms with Gasteiger partial charge in [0, 0.05) is 18.7 Å². The van der Waals surface area contributed by atoms with Crippen molar-refractivity contribution in [1.29, 1.82) is 0 Å². The highest BCUT2D eigenvalue weighted by Crippen LogP contribution is 2.16. The minimum Gasteiger partial charge on any atom is -0.390 e. The number of hydrogen-bond acceptors (Lipinski definition) is 3. The van der Waals surface area contributed by atoms with E-state index in [4.69, 9.17) is 0 Å². The van der Waals surface area contributed by atoms with E-state index < -0.39 is 5.60 Å². The molecule has 0 saturated heterocycles. The zero-order valence-corrected chi connectivity index (χ0v) is 11.4. The first-order valence-electron chi connectivity index (χ1n) is 6.42. The van der Waals surface area contributed by atoms with Gasteiger partial charge in [-0.15, -0.1) is 0 Å². The Morgan fingerprint density at radius 3 is 2.76 bits per heavy atom. The molecular formula is C13H25N3O. The summed E-state index contributed by atoms with van der Waals surface area (Å²) in [6.07, 6.45) is 3.33. The number of aromatic nitrogens is 2. The molecule has 1 aromatic heterocycles. The summed E-state index contributed by atoms with van der Waals surface area (Å²) in [5.74, 6) is 0. The van der Waals surface area contributed by atoms with Crippen LogP contribution >= 0.6 is 0 Å². The van der Waals surface area contributed by atoms with Crippen LogP contribution in [0.25, 0.3) is 0 Å². The molecule has 0 aliphatic rings. The van der Waals surface area contributed by atoms with Gasteiger partial charge in [0.1, 0.15) is 0 Å². The zero-order chi connectivity index (χ0) is 12.9. The van der Waals surface area contributed by atoms with Gasteiger partial charge in [-0.2, -0.15) is 5.10 Å². The van der Waals surface area contributed by atoms with Crippen LogP contribution in [-0.2, 0) is 6.42 Å². The predicted octanol–water partition coefficient (Wildman–Crippen LogP) is 1.76. The Hall–Kier alpha value is -0.870. The normalized spacial score (nSPS) is 15.2. The second-order valence-corrected chi connectivity index (χ2v) is 5.16. The lowest BCUT2D eigenvalue weighted by molar-refractivity contribution is 0.0505. The fraction of sp³-hybridized carbons (Fsp3) is 0.769.